The molecule has 0 radical (unpaired) electrons. The molecule has 0 aliphatic carbocycles. The van der Waals surface area contributed by atoms with Gasteiger partial charge in [-0.25, -0.2) is 4.79 Å². The van der Waals surface area contributed by atoms with Crippen molar-refractivity contribution in [3.63, 3.8) is 0 Å². The van der Waals surface area contributed by atoms with E-state index in [4.69, 9.17) is 9.47 Å². The van der Waals surface area contributed by atoms with Gasteiger partial charge in [0.25, 0.3) is 5.19 Å². The highest BCUT2D eigenvalue weighted by atomic mass is 32.1. The molecule has 0 saturated carbocycles. The number of aromatic nitrogens is 2. The average molecular weight is 264 g/mol. The minimum atomic E-state index is -0.337. The lowest BCUT2D eigenvalue weighted by atomic mass is 10.2. The van der Waals surface area contributed by atoms with Gasteiger partial charge < -0.3 is 9.47 Å². The van der Waals surface area contributed by atoms with E-state index >= 15 is 0 Å². The van der Waals surface area contributed by atoms with Gasteiger partial charge in [-0.05, 0) is 38.1 Å². The van der Waals surface area contributed by atoms with Gasteiger partial charge in [-0.15, -0.1) is 0 Å². The van der Waals surface area contributed by atoms with Crippen LogP contribution >= 0.6 is 11.5 Å². The summed E-state index contributed by atoms with van der Waals surface area (Å²) in [5.74, 6) is 0.952. The number of ether oxygens (including phenoxy) is 2. The van der Waals surface area contributed by atoms with Gasteiger partial charge in [-0.1, -0.05) is 0 Å². The molecular formula is C12H12N2O3S. The van der Waals surface area contributed by atoms with E-state index < -0.39 is 0 Å². The summed E-state index contributed by atoms with van der Waals surface area (Å²) < 4.78 is 14.4. The molecule has 18 heavy (non-hydrogen) atoms. The molecule has 1 heterocycles. The van der Waals surface area contributed by atoms with Crippen molar-refractivity contribution >= 4 is 17.5 Å². The highest BCUT2D eigenvalue weighted by molar-refractivity contribution is 7.07. The summed E-state index contributed by atoms with van der Waals surface area (Å²) in [6.45, 7) is 3.93. The van der Waals surface area contributed by atoms with Gasteiger partial charge in [-0.2, -0.15) is 9.36 Å². The smallest absolute Gasteiger partial charge is 0.338 e. The number of carbonyl (C=O) groups excluding carboxylic acids is 1. The number of benzene rings is 1. The summed E-state index contributed by atoms with van der Waals surface area (Å²) in [6.07, 6.45) is 0. The zero-order chi connectivity index (χ0) is 13.0. The number of carbonyl (C=O) groups is 1. The van der Waals surface area contributed by atoms with Crippen LogP contribution in [0.25, 0.3) is 0 Å². The first-order valence-electron chi connectivity index (χ1n) is 5.44. The summed E-state index contributed by atoms with van der Waals surface area (Å²) in [5.41, 5.74) is 0.498. The zero-order valence-electron chi connectivity index (χ0n) is 10.0. The van der Waals surface area contributed by atoms with Gasteiger partial charge in [0, 0.05) is 11.5 Å². The maximum absolute atomic E-state index is 11.4. The van der Waals surface area contributed by atoms with Gasteiger partial charge in [-0.3, -0.25) is 0 Å². The van der Waals surface area contributed by atoms with Crippen LogP contribution in [0, 0.1) is 6.92 Å². The molecular weight excluding hydrogens is 252 g/mol. The Morgan fingerprint density at radius 2 is 2.06 bits per heavy atom. The van der Waals surface area contributed by atoms with Crippen LogP contribution in [0.3, 0.4) is 0 Å². The fourth-order valence-corrected chi connectivity index (χ4v) is 1.85. The van der Waals surface area contributed by atoms with Crippen LogP contribution in [-0.4, -0.2) is 21.9 Å². The number of rotatable bonds is 4. The highest BCUT2D eigenvalue weighted by Gasteiger charge is 2.07. The van der Waals surface area contributed by atoms with Crippen molar-refractivity contribution in [3.8, 4) is 10.9 Å². The van der Waals surface area contributed by atoms with Gasteiger partial charge in [0.2, 0.25) is 0 Å². The van der Waals surface area contributed by atoms with E-state index in [1.54, 1.807) is 38.1 Å². The molecule has 0 bridgehead atoms. The standard InChI is InChI=1S/C12H12N2O3S/c1-3-16-11(15)9-4-6-10(7-5-9)17-12-13-8(2)14-18-12/h4-7H,3H2,1-2H3. The first kappa shape index (κ1) is 12.5. The second-order valence-corrected chi connectivity index (χ2v) is 4.17. The Morgan fingerprint density at radius 1 is 1.33 bits per heavy atom. The molecule has 6 heteroatoms. The molecule has 94 valence electrons. The van der Waals surface area contributed by atoms with E-state index in [0.717, 1.165) is 0 Å². The number of esters is 1. The molecule has 0 fully saturated rings. The first-order chi connectivity index (χ1) is 8.69. The van der Waals surface area contributed by atoms with Crippen molar-refractivity contribution in [1.29, 1.82) is 0 Å². The van der Waals surface area contributed by atoms with E-state index in [2.05, 4.69) is 9.36 Å². The first-order valence-corrected chi connectivity index (χ1v) is 6.21. The molecule has 0 amide bonds. The topological polar surface area (TPSA) is 61.3 Å². The molecule has 0 atom stereocenters. The lowest BCUT2D eigenvalue weighted by molar-refractivity contribution is 0.0526. The molecule has 2 aromatic rings. The molecule has 0 aliphatic heterocycles. The van der Waals surface area contributed by atoms with E-state index in [1.165, 1.54) is 11.5 Å². The molecule has 0 spiro atoms. The third-order valence-electron chi connectivity index (χ3n) is 2.08. The summed E-state index contributed by atoms with van der Waals surface area (Å²) in [5, 5.41) is 0.483. The van der Waals surface area contributed by atoms with Crippen molar-refractivity contribution in [3.05, 3.63) is 35.7 Å². The molecule has 1 aromatic carbocycles. The van der Waals surface area contributed by atoms with Crippen LogP contribution in [0.15, 0.2) is 24.3 Å². The fraction of sp³-hybridized carbons (Fsp3) is 0.250. The Morgan fingerprint density at radius 3 is 2.61 bits per heavy atom. The number of hydrogen-bond donors (Lipinski definition) is 0. The van der Waals surface area contributed by atoms with Gasteiger partial charge in [0.15, 0.2) is 0 Å². The average Bonchev–Trinajstić information content (AvgIpc) is 2.76. The third-order valence-corrected chi connectivity index (χ3v) is 2.77. The van der Waals surface area contributed by atoms with Crippen LogP contribution in [0.2, 0.25) is 0 Å². The lowest BCUT2D eigenvalue weighted by Gasteiger charge is -2.03. The Kier molecular flexibility index (Phi) is 3.88. The minimum Gasteiger partial charge on any atom is -0.462 e. The van der Waals surface area contributed by atoms with Gasteiger partial charge in [0.1, 0.15) is 11.6 Å². The number of hydrogen-bond acceptors (Lipinski definition) is 6. The number of nitrogens with zero attached hydrogens (tertiary/aromatic N) is 2. The summed E-state index contributed by atoms with van der Waals surface area (Å²) in [4.78, 5) is 15.5. The highest BCUT2D eigenvalue weighted by Crippen LogP contribution is 2.23. The molecule has 0 aliphatic rings. The summed E-state index contributed by atoms with van der Waals surface area (Å²) in [7, 11) is 0. The number of aryl methyl sites for hydroxylation is 1. The summed E-state index contributed by atoms with van der Waals surface area (Å²) in [6, 6.07) is 6.70. The molecule has 5 nitrogen and oxygen atoms in total. The third kappa shape index (κ3) is 3.04. The Bertz CT molecular complexity index is 537. The predicted molar refractivity (Wildman–Crippen MR) is 67.1 cm³/mol. The molecule has 2 rings (SSSR count). The zero-order valence-corrected chi connectivity index (χ0v) is 10.9. The van der Waals surface area contributed by atoms with E-state index in [9.17, 15) is 4.79 Å². The Balaban J connectivity index is 2.05. The maximum Gasteiger partial charge on any atom is 0.338 e. The quantitative estimate of drug-likeness (QED) is 0.795. The van der Waals surface area contributed by atoms with Crippen LogP contribution in [0.1, 0.15) is 23.1 Å². The van der Waals surface area contributed by atoms with E-state index in [-0.39, 0.29) is 5.97 Å². The molecule has 1 aromatic heterocycles. The SMILES string of the molecule is CCOC(=O)c1ccc(Oc2nc(C)ns2)cc1. The molecule has 0 saturated heterocycles. The predicted octanol–water partition coefficient (Wildman–Crippen LogP) is 2.82. The van der Waals surface area contributed by atoms with Crippen molar-refractivity contribution in [1.82, 2.24) is 9.36 Å². The van der Waals surface area contributed by atoms with Crippen LogP contribution in [-0.2, 0) is 4.74 Å². The van der Waals surface area contributed by atoms with Crippen LogP contribution in [0.5, 0.6) is 10.9 Å². The second-order valence-electron chi connectivity index (χ2n) is 3.45. The van der Waals surface area contributed by atoms with Crippen LogP contribution < -0.4 is 4.74 Å². The van der Waals surface area contributed by atoms with Crippen molar-refractivity contribution in [2.75, 3.05) is 6.61 Å². The molecule has 0 N–H and O–H groups in total. The largest absolute Gasteiger partial charge is 0.462 e. The second kappa shape index (κ2) is 5.59. The van der Waals surface area contributed by atoms with E-state index in [0.29, 0.717) is 28.9 Å². The minimum absolute atomic E-state index is 0.337. The van der Waals surface area contributed by atoms with Crippen molar-refractivity contribution in [2.45, 2.75) is 13.8 Å². The Hall–Kier alpha value is -1.95. The summed E-state index contributed by atoms with van der Waals surface area (Å²) >= 11 is 1.19. The van der Waals surface area contributed by atoms with Crippen molar-refractivity contribution < 1.29 is 14.3 Å². The normalized spacial score (nSPS) is 10.1. The Labute approximate surface area is 109 Å². The monoisotopic (exact) mass is 264 g/mol. The lowest BCUT2D eigenvalue weighted by Crippen LogP contribution is -2.03. The van der Waals surface area contributed by atoms with Gasteiger partial charge in [0.05, 0.1) is 12.2 Å². The molecule has 0 unspecified atom stereocenters. The maximum atomic E-state index is 11.4. The van der Waals surface area contributed by atoms with Gasteiger partial charge >= 0.3 is 5.97 Å². The fourth-order valence-electron chi connectivity index (χ4n) is 1.29. The van der Waals surface area contributed by atoms with Crippen LogP contribution in [0.4, 0.5) is 0 Å². The van der Waals surface area contributed by atoms with E-state index in [1.807, 2.05) is 0 Å². The van der Waals surface area contributed by atoms with Crippen molar-refractivity contribution in [2.24, 2.45) is 0 Å².